The molecule has 1 aliphatic heterocycles. The third-order valence-corrected chi connectivity index (χ3v) is 6.37. The van der Waals surface area contributed by atoms with E-state index in [1.807, 2.05) is 0 Å². The van der Waals surface area contributed by atoms with Gasteiger partial charge in [0.1, 0.15) is 10.4 Å². The third-order valence-electron chi connectivity index (χ3n) is 4.98. The molecule has 1 aliphatic rings. The lowest BCUT2D eigenvalue weighted by Crippen LogP contribution is -2.46. The zero-order chi connectivity index (χ0) is 22.9. The number of fused-ring (bicyclic) bond motifs is 1. The van der Waals surface area contributed by atoms with Crippen molar-refractivity contribution in [2.75, 3.05) is 30.9 Å². The van der Waals surface area contributed by atoms with Crippen LogP contribution in [0.25, 0.3) is 11.0 Å². The zero-order valence-electron chi connectivity index (χ0n) is 16.6. The molecular weight excluding hydrogens is 447 g/mol. The molecule has 168 valence electrons. The first kappa shape index (κ1) is 22.0. The molecule has 4 rings (SSSR count). The molecule has 2 heterocycles. The van der Waals surface area contributed by atoms with Gasteiger partial charge in [-0.25, -0.2) is 8.42 Å². The minimum Gasteiger partial charge on any atom is -0.336 e. The highest BCUT2D eigenvalue weighted by Crippen LogP contribution is 2.34. The van der Waals surface area contributed by atoms with Crippen LogP contribution in [0, 0.1) is 0 Å². The molecule has 2 aromatic carbocycles. The zero-order valence-corrected chi connectivity index (χ0v) is 17.4. The Morgan fingerprint density at radius 2 is 1.78 bits per heavy atom. The minimum absolute atomic E-state index is 0.0597. The first-order chi connectivity index (χ1) is 15.2. The van der Waals surface area contributed by atoms with Crippen LogP contribution in [-0.2, 0) is 16.2 Å². The number of hydrogen-bond donors (Lipinski definition) is 2. The Morgan fingerprint density at radius 3 is 2.50 bits per heavy atom. The van der Waals surface area contributed by atoms with Gasteiger partial charge in [0.05, 0.1) is 22.3 Å². The molecule has 2 N–H and O–H groups in total. The van der Waals surface area contributed by atoms with E-state index < -0.39 is 33.4 Å². The van der Waals surface area contributed by atoms with Crippen LogP contribution in [0.4, 0.5) is 18.9 Å². The number of sulfonamides is 1. The first-order valence-electron chi connectivity index (χ1n) is 9.60. The molecule has 1 fully saturated rings. The Labute approximate surface area is 181 Å². The lowest BCUT2D eigenvalue weighted by Gasteiger charge is -2.28. The molecule has 0 unspecified atom stereocenters. The van der Waals surface area contributed by atoms with Gasteiger partial charge in [-0.05, 0) is 30.3 Å². The van der Waals surface area contributed by atoms with Crippen molar-refractivity contribution < 1.29 is 26.4 Å². The van der Waals surface area contributed by atoms with Crippen LogP contribution < -0.4 is 10.0 Å². The summed E-state index contributed by atoms with van der Waals surface area (Å²) in [5, 5.41) is 3.07. The maximum Gasteiger partial charge on any atom is 0.416 e. The van der Waals surface area contributed by atoms with Crippen LogP contribution in [0.2, 0.25) is 0 Å². The predicted octanol–water partition coefficient (Wildman–Crippen LogP) is 2.49. The lowest BCUT2D eigenvalue weighted by molar-refractivity contribution is -0.137. The quantitative estimate of drug-likeness (QED) is 0.614. The van der Waals surface area contributed by atoms with Gasteiger partial charge < -0.3 is 10.2 Å². The second-order valence-electron chi connectivity index (χ2n) is 7.09. The van der Waals surface area contributed by atoms with E-state index >= 15 is 0 Å². The smallest absolute Gasteiger partial charge is 0.336 e. The molecule has 0 spiro atoms. The Morgan fingerprint density at radius 1 is 1.06 bits per heavy atom. The monoisotopic (exact) mass is 465 g/mol. The predicted molar refractivity (Wildman–Crippen MR) is 111 cm³/mol. The number of anilines is 1. The van der Waals surface area contributed by atoms with E-state index in [4.69, 9.17) is 0 Å². The van der Waals surface area contributed by atoms with E-state index in [1.54, 1.807) is 6.07 Å². The van der Waals surface area contributed by atoms with Gasteiger partial charge in [-0.15, -0.1) is 0 Å². The van der Waals surface area contributed by atoms with Gasteiger partial charge in [-0.1, -0.05) is 6.07 Å². The molecule has 0 radical (unpaired) electrons. The summed E-state index contributed by atoms with van der Waals surface area (Å²) in [6, 6.07) is 6.66. The van der Waals surface area contributed by atoms with Gasteiger partial charge in [0, 0.05) is 38.6 Å². The Balaban J connectivity index is 1.79. The maximum absolute atomic E-state index is 13.3. The molecule has 0 bridgehead atoms. The van der Waals surface area contributed by atoms with E-state index in [2.05, 4.69) is 20.0 Å². The van der Waals surface area contributed by atoms with Gasteiger partial charge in [-0.3, -0.25) is 19.5 Å². The normalized spacial score (nSPS) is 15.0. The van der Waals surface area contributed by atoms with E-state index in [9.17, 15) is 26.4 Å². The number of para-hydroxylation sites is 1. The summed E-state index contributed by atoms with van der Waals surface area (Å²) in [6.07, 6.45) is -2.02. The van der Waals surface area contributed by atoms with Crippen LogP contribution >= 0.6 is 0 Å². The number of nitrogens with zero attached hydrogens (tertiary/aromatic N) is 3. The molecule has 3 aromatic rings. The number of benzene rings is 2. The van der Waals surface area contributed by atoms with Crippen molar-refractivity contribution in [3.05, 3.63) is 59.9 Å². The van der Waals surface area contributed by atoms with Crippen LogP contribution in [0.3, 0.4) is 0 Å². The van der Waals surface area contributed by atoms with Crippen LogP contribution in [-0.4, -0.2) is 55.4 Å². The van der Waals surface area contributed by atoms with Crippen molar-refractivity contribution in [2.45, 2.75) is 11.1 Å². The van der Waals surface area contributed by atoms with Gasteiger partial charge in [0.25, 0.3) is 15.9 Å². The first-order valence-corrected chi connectivity index (χ1v) is 11.1. The number of amides is 1. The molecule has 32 heavy (non-hydrogen) atoms. The van der Waals surface area contributed by atoms with E-state index in [-0.39, 0.29) is 16.0 Å². The van der Waals surface area contributed by atoms with Crippen LogP contribution in [0.5, 0.6) is 0 Å². The van der Waals surface area contributed by atoms with Crippen molar-refractivity contribution in [1.29, 1.82) is 0 Å². The molecule has 1 amide bonds. The van der Waals surface area contributed by atoms with Crippen molar-refractivity contribution in [2.24, 2.45) is 0 Å². The average molecular weight is 465 g/mol. The maximum atomic E-state index is 13.3. The number of carbonyl (C=O) groups is 1. The molecule has 1 aromatic heterocycles. The number of hydrogen-bond acceptors (Lipinski definition) is 6. The standard InChI is InChI=1S/C20H18F3N5O3S/c21-20(22,23)13-4-5-14(19(29)28-10-8-24-9-11-28)16(12-13)27-32(30,31)17-3-1-2-15-18(17)26-7-6-25-15/h1-7,12,24,27H,8-11H2. The van der Waals surface area contributed by atoms with Gasteiger partial charge in [-0.2, -0.15) is 13.2 Å². The molecule has 1 saturated heterocycles. The SMILES string of the molecule is O=C(c1ccc(C(F)(F)F)cc1NS(=O)(=O)c1cccc2nccnc12)N1CCNCC1. The van der Waals surface area contributed by atoms with Crippen molar-refractivity contribution in [3.8, 4) is 0 Å². The van der Waals surface area contributed by atoms with Gasteiger partial charge in [0.15, 0.2) is 0 Å². The topological polar surface area (TPSA) is 104 Å². The molecule has 8 nitrogen and oxygen atoms in total. The fourth-order valence-electron chi connectivity index (χ4n) is 3.41. The number of carbonyl (C=O) groups excluding carboxylic acids is 1. The number of rotatable bonds is 4. The van der Waals surface area contributed by atoms with E-state index in [1.165, 1.54) is 29.4 Å². The molecule has 0 saturated carbocycles. The minimum atomic E-state index is -4.72. The lowest BCUT2D eigenvalue weighted by atomic mass is 10.1. The fraction of sp³-hybridized carbons (Fsp3) is 0.250. The molecule has 12 heteroatoms. The van der Waals surface area contributed by atoms with Crippen molar-refractivity contribution in [3.63, 3.8) is 0 Å². The molecular formula is C20H18F3N5O3S. The van der Waals surface area contributed by atoms with Crippen molar-refractivity contribution >= 4 is 32.7 Å². The largest absolute Gasteiger partial charge is 0.416 e. The molecule has 0 aliphatic carbocycles. The number of halogens is 3. The number of alkyl halides is 3. The van der Waals surface area contributed by atoms with E-state index in [0.717, 1.165) is 12.1 Å². The Hall–Kier alpha value is -3.25. The highest BCUT2D eigenvalue weighted by molar-refractivity contribution is 7.93. The summed E-state index contributed by atoms with van der Waals surface area (Å²) in [4.78, 5) is 22.3. The number of nitrogens with one attached hydrogen (secondary N) is 2. The molecule has 0 atom stereocenters. The second kappa shape index (κ2) is 8.36. The van der Waals surface area contributed by atoms with Gasteiger partial charge >= 0.3 is 6.18 Å². The Kier molecular flexibility index (Phi) is 5.73. The summed E-state index contributed by atoms with van der Waals surface area (Å²) in [7, 11) is -4.39. The third kappa shape index (κ3) is 4.36. The average Bonchev–Trinajstić information content (AvgIpc) is 2.78. The number of aromatic nitrogens is 2. The fourth-order valence-corrected chi connectivity index (χ4v) is 4.65. The van der Waals surface area contributed by atoms with Crippen molar-refractivity contribution in [1.82, 2.24) is 20.2 Å². The van der Waals surface area contributed by atoms with Crippen LogP contribution in [0.15, 0.2) is 53.7 Å². The second-order valence-corrected chi connectivity index (χ2v) is 8.74. The van der Waals surface area contributed by atoms with E-state index in [0.29, 0.717) is 37.8 Å². The number of piperazine rings is 1. The highest BCUT2D eigenvalue weighted by atomic mass is 32.2. The highest BCUT2D eigenvalue weighted by Gasteiger charge is 2.33. The summed E-state index contributed by atoms with van der Waals surface area (Å²) >= 11 is 0. The summed E-state index contributed by atoms with van der Waals surface area (Å²) in [6.45, 7) is 1.76. The summed E-state index contributed by atoms with van der Waals surface area (Å²) in [5.41, 5.74) is -1.34. The van der Waals surface area contributed by atoms with Gasteiger partial charge in [0.2, 0.25) is 0 Å². The summed E-state index contributed by atoms with van der Waals surface area (Å²) in [5.74, 6) is -0.560. The Bertz CT molecular complexity index is 1270. The summed E-state index contributed by atoms with van der Waals surface area (Å²) < 4.78 is 68.4. The van der Waals surface area contributed by atoms with Crippen LogP contribution in [0.1, 0.15) is 15.9 Å².